The Hall–Kier alpha value is -4.12. The molecule has 0 saturated carbocycles. The van der Waals surface area contributed by atoms with Crippen molar-refractivity contribution < 1.29 is 33.4 Å². The third kappa shape index (κ3) is 8.00. The summed E-state index contributed by atoms with van der Waals surface area (Å²) < 4.78 is 10.2. The summed E-state index contributed by atoms with van der Waals surface area (Å²) >= 11 is 1.43. The van der Waals surface area contributed by atoms with E-state index in [-0.39, 0.29) is 36.1 Å². The summed E-state index contributed by atoms with van der Waals surface area (Å²) in [5.41, 5.74) is 1.44. The summed E-state index contributed by atoms with van der Waals surface area (Å²) in [4.78, 5) is 66.3. The number of rotatable bonds is 11. The monoisotopic (exact) mass is 595 g/mol. The lowest BCUT2D eigenvalue weighted by molar-refractivity contribution is -0.162. The highest BCUT2D eigenvalue weighted by Crippen LogP contribution is 2.40. The van der Waals surface area contributed by atoms with Gasteiger partial charge in [-0.2, -0.15) is 0 Å². The number of amides is 3. The lowest BCUT2D eigenvalue weighted by atomic mass is 9.96. The van der Waals surface area contributed by atoms with Gasteiger partial charge in [0, 0.05) is 36.3 Å². The molecule has 0 aromatic heterocycles. The SMILES string of the molecule is C=CCNC(=O)[C@H]1N(C(=O)[C@@H](OC(C)=O)[C@H](Cc2ccccc2)NC(=O)c2cccc(OC(C)=O)c2C)CSC1(C)C. The van der Waals surface area contributed by atoms with Crippen molar-refractivity contribution >= 4 is 41.4 Å². The van der Waals surface area contributed by atoms with E-state index in [1.165, 1.54) is 30.5 Å². The molecule has 2 aromatic carbocycles. The summed E-state index contributed by atoms with van der Waals surface area (Å²) in [6.07, 6.45) is 0.259. The third-order valence-corrected chi connectivity index (χ3v) is 8.17. The Labute approximate surface area is 250 Å². The van der Waals surface area contributed by atoms with E-state index in [2.05, 4.69) is 17.2 Å². The molecule has 1 saturated heterocycles. The highest BCUT2D eigenvalue weighted by molar-refractivity contribution is 8.00. The highest BCUT2D eigenvalue weighted by atomic mass is 32.2. The van der Waals surface area contributed by atoms with Gasteiger partial charge in [-0.25, -0.2) is 0 Å². The molecule has 0 aliphatic carbocycles. The Morgan fingerprint density at radius 2 is 1.76 bits per heavy atom. The Balaban J connectivity index is 2.02. The topological polar surface area (TPSA) is 131 Å². The summed E-state index contributed by atoms with van der Waals surface area (Å²) in [6.45, 7) is 11.7. The van der Waals surface area contributed by atoms with Crippen LogP contribution in [0.5, 0.6) is 5.75 Å². The summed E-state index contributed by atoms with van der Waals surface area (Å²) in [7, 11) is 0. The van der Waals surface area contributed by atoms with E-state index in [1.807, 2.05) is 44.2 Å². The molecule has 1 fully saturated rings. The molecule has 42 heavy (non-hydrogen) atoms. The van der Waals surface area contributed by atoms with Crippen molar-refractivity contribution in [2.75, 3.05) is 12.4 Å². The van der Waals surface area contributed by atoms with Crippen LogP contribution in [0.15, 0.2) is 61.2 Å². The number of nitrogens with one attached hydrogen (secondary N) is 2. The molecule has 3 rings (SSSR count). The molecule has 0 unspecified atom stereocenters. The number of carbonyl (C=O) groups excluding carboxylic acids is 5. The maximum atomic E-state index is 14.2. The standard InChI is InChI=1S/C31H37N3O7S/c1-7-16-32-29(38)27-31(5,6)42-18-34(27)30(39)26(41-21(4)36)24(17-22-12-9-8-10-13-22)33-28(37)23-14-11-15-25(19(23)2)40-20(3)35/h7-15,24,26-27H,1,16-18H2,2-6H3,(H,32,38)(H,33,37)/t24-,26-,27+/m0/s1. The molecule has 224 valence electrons. The van der Waals surface area contributed by atoms with Crippen LogP contribution < -0.4 is 15.4 Å². The van der Waals surface area contributed by atoms with Crippen LogP contribution in [0.1, 0.15) is 49.2 Å². The Morgan fingerprint density at radius 3 is 2.38 bits per heavy atom. The third-order valence-electron chi connectivity index (χ3n) is 6.80. The van der Waals surface area contributed by atoms with Crippen molar-refractivity contribution in [3.8, 4) is 5.75 Å². The number of hydrogen-bond donors (Lipinski definition) is 2. The average Bonchev–Trinajstić information content (AvgIpc) is 3.25. The molecule has 2 N–H and O–H groups in total. The fraction of sp³-hybridized carbons (Fsp3) is 0.387. The zero-order valence-corrected chi connectivity index (χ0v) is 25.3. The fourth-order valence-electron chi connectivity index (χ4n) is 4.80. The van der Waals surface area contributed by atoms with Crippen molar-refractivity contribution in [3.05, 3.63) is 77.9 Å². The number of hydrogen-bond acceptors (Lipinski definition) is 8. The molecule has 0 radical (unpaired) electrons. The van der Waals surface area contributed by atoms with E-state index in [4.69, 9.17) is 9.47 Å². The van der Waals surface area contributed by atoms with Crippen LogP contribution in [-0.2, 0) is 30.3 Å². The molecule has 11 heteroatoms. The quantitative estimate of drug-likeness (QED) is 0.230. The first-order valence-corrected chi connectivity index (χ1v) is 14.5. The number of benzene rings is 2. The Kier molecular flexibility index (Phi) is 10.9. The van der Waals surface area contributed by atoms with Crippen LogP contribution in [0.3, 0.4) is 0 Å². The number of nitrogens with zero attached hydrogens (tertiary/aromatic N) is 1. The zero-order valence-electron chi connectivity index (χ0n) is 24.5. The van der Waals surface area contributed by atoms with Crippen LogP contribution in [0.2, 0.25) is 0 Å². The molecular weight excluding hydrogens is 558 g/mol. The van der Waals surface area contributed by atoms with Gasteiger partial charge < -0.3 is 25.0 Å². The molecule has 0 spiro atoms. The van der Waals surface area contributed by atoms with Gasteiger partial charge >= 0.3 is 11.9 Å². The maximum Gasteiger partial charge on any atom is 0.308 e. The van der Waals surface area contributed by atoms with Crippen molar-refractivity contribution in [1.82, 2.24) is 15.5 Å². The molecule has 1 aliphatic heterocycles. The van der Waals surface area contributed by atoms with Crippen LogP contribution >= 0.6 is 11.8 Å². The van der Waals surface area contributed by atoms with Crippen LogP contribution in [-0.4, -0.2) is 69.9 Å². The molecule has 1 aliphatic rings. The van der Waals surface area contributed by atoms with Gasteiger partial charge in [-0.3, -0.25) is 24.0 Å². The summed E-state index contributed by atoms with van der Waals surface area (Å²) in [5.74, 6) is -2.35. The Morgan fingerprint density at radius 1 is 1.07 bits per heavy atom. The number of ether oxygens (including phenoxy) is 2. The average molecular weight is 596 g/mol. The van der Waals surface area contributed by atoms with Crippen LogP contribution in [0.25, 0.3) is 0 Å². The van der Waals surface area contributed by atoms with Crippen molar-refractivity contribution in [2.24, 2.45) is 0 Å². The summed E-state index contributed by atoms with van der Waals surface area (Å²) in [6, 6.07) is 12.0. The van der Waals surface area contributed by atoms with Crippen molar-refractivity contribution in [3.63, 3.8) is 0 Å². The maximum absolute atomic E-state index is 14.2. The molecule has 1 heterocycles. The van der Waals surface area contributed by atoms with Crippen LogP contribution in [0.4, 0.5) is 0 Å². The Bertz CT molecular complexity index is 1350. The first-order valence-electron chi connectivity index (χ1n) is 13.5. The second-order valence-corrected chi connectivity index (χ2v) is 12.0. The highest BCUT2D eigenvalue weighted by Gasteiger charge is 2.50. The normalized spacial score (nSPS) is 17.0. The van der Waals surface area contributed by atoms with Gasteiger partial charge in [-0.1, -0.05) is 42.5 Å². The van der Waals surface area contributed by atoms with Crippen molar-refractivity contribution in [1.29, 1.82) is 0 Å². The number of esters is 2. The van der Waals surface area contributed by atoms with E-state index in [9.17, 15) is 24.0 Å². The second kappa shape index (κ2) is 14.2. The van der Waals surface area contributed by atoms with Gasteiger partial charge in [-0.15, -0.1) is 18.3 Å². The van der Waals surface area contributed by atoms with E-state index in [1.54, 1.807) is 31.2 Å². The molecule has 10 nitrogen and oxygen atoms in total. The van der Waals surface area contributed by atoms with Gasteiger partial charge in [0.15, 0.2) is 0 Å². The van der Waals surface area contributed by atoms with E-state index >= 15 is 0 Å². The first-order chi connectivity index (χ1) is 19.9. The van der Waals surface area contributed by atoms with E-state index in [0.717, 1.165) is 5.56 Å². The molecule has 3 atom stereocenters. The van der Waals surface area contributed by atoms with Gasteiger partial charge in [-0.05, 0) is 44.9 Å². The molecule has 3 amide bonds. The van der Waals surface area contributed by atoms with Gasteiger partial charge in [0.2, 0.25) is 12.0 Å². The summed E-state index contributed by atoms with van der Waals surface area (Å²) in [5, 5.41) is 5.65. The minimum absolute atomic E-state index is 0.149. The number of thioether (sulfide) groups is 1. The van der Waals surface area contributed by atoms with E-state index in [0.29, 0.717) is 5.56 Å². The fourth-order valence-corrected chi connectivity index (χ4v) is 5.94. The molecular formula is C31H37N3O7S. The second-order valence-electron chi connectivity index (χ2n) is 10.4. The smallest absolute Gasteiger partial charge is 0.308 e. The zero-order chi connectivity index (χ0) is 31.0. The predicted octanol–water partition coefficient (Wildman–Crippen LogP) is 3.18. The molecule has 2 aromatic rings. The predicted molar refractivity (Wildman–Crippen MR) is 160 cm³/mol. The number of carbonyl (C=O) groups is 5. The lowest BCUT2D eigenvalue weighted by Gasteiger charge is -2.34. The minimum Gasteiger partial charge on any atom is -0.450 e. The molecule has 0 bridgehead atoms. The van der Waals surface area contributed by atoms with Gasteiger partial charge in [0.25, 0.3) is 11.8 Å². The first kappa shape index (κ1) is 32.4. The largest absolute Gasteiger partial charge is 0.450 e. The van der Waals surface area contributed by atoms with Gasteiger partial charge in [0.05, 0.1) is 11.9 Å². The van der Waals surface area contributed by atoms with Crippen molar-refractivity contribution in [2.45, 2.75) is 64.0 Å². The van der Waals surface area contributed by atoms with E-state index < -0.39 is 46.7 Å². The lowest BCUT2D eigenvalue weighted by Crippen LogP contribution is -2.59. The van der Waals surface area contributed by atoms with Gasteiger partial charge in [0.1, 0.15) is 11.8 Å². The minimum atomic E-state index is -1.44. The van der Waals surface area contributed by atoms with Crippen LogP contribution in [0, 0.1) is 6.92 Å².